The van der Waals surface area contributed by atoms with Crippen LogP contribution < -0.4 is 15.5 Å². The van der Waals surface area contributed by atoms with Crippen molar-refractivity contribution in [2.45, 2.75) is 75.3 Å². The molecule has 3 heterocycles. The first kappa shape index (κ1) is 20.0. The van der Waals surface area contributed by atoms with Crippen LogP contribution in [-0.4, -0.2) is 47.6 Å². The molecule has 5 atom stereocenters. The van der Waals surface area contributed by atoms with Crippen LogP contribution in [0, 0.1) is 18.8 Å². The summed E-state index contributed by atoms with van der Waals surface area (Å²) in [5, 5.41) is 6.24. The van der Waals surface area contributed by atoms with E-state index in [1.54, 1.807) is 4.90 Å². The standard InChI is InChI=1S/C25H29N3O4/c1-14-5-4-8-17(13-14)28-21(23(30)27-15-6-2-3-7-15)25-12-11-18(32-25)19(20(25)24(28)31)22(29)26-16-9-10-16/h4-5,8,11-13,15-16,18-21H,2-3,6-7,9-10H2,1H3,(H,26,29)(H,27,30). The van der Waals surface area contributed by atoms with E-state index >= 15 is 0 Å². The van der Waals surface area contributed by atoms with Gasteiger partial charge in [-0.3, -0.25) is 19.3 Å². The number of ether oxygens (including phenoxy) is 1. The highest BCUT2D eigenvalue weighted by Gasteiger charge is 2.73. The van der Waals surface area contributed by atoms with Gasteiger partial charge in [0.25, 0.3) is 0 Å². The molecule has 1 aromatic rings. The van der Waals surface area contributed by atoms with E-state index in [1.165, 1.54) is 0 Å². The Bertz CT molecular complexity index is 1010. The highest BCUT2D eigenvalue weighted by atomic mass is 16.5. The molecule has 32 heavy (non-hydrogen) atoms. The SMILES string of the molecule is Cc1cccc(N2C(=O)C3C(C(=O)NC4CC4)C4C=CC3(O4)C2C(=O)NC2CCCC2)c1. The zero-order chi connectivity index (χ0) is 22.0. The van der Waals surface area contributed by atoms with Gasteiger partial charge in [-0.2, -0.15) is 0 Å². The summed E-state index contributed by atoms with van der Waals surface area (Å²) in [6, 6.07) is 7.12. The van der Waals surface area contributed by atoms with Crippen LogP contribution in [0.1, 0.15) is 44.1 Å². The number of carbonyl (C=O) groups excluding carboxylic acids is 3. The van der Waals surface area contributed by atoms with Crippen LogP contribution in [0.2, 0.25) is 0 Å². The summed E-state index contributed by atoms with van der Waals surface area (Å²) in [6.45, 7) is 1.96. The van der Waals surface area contributed by atoms with Crippen molar-refractivity contribution < 1.29 is 19.1 Å². The molecule has 3 amide bonds. The molecule has 5 unspecified atom stereocenters. The average molecular weight is 436 g/mol. The highest BCUT2D eigenvalue weighted by Crippen LogP contribution is 2.56. The Morgan fingerprint density at radius 3 is 2.50 bits per heavy atom. The Hall–Kier alpha value is -2.67. The fourth-order valence-corrected chi connectivity index (χ4v) is 6.10. The van der Waals surface area contributed by atoms with Crippen LogP contribution in [0.25, 0.3) is 0 Å². The van der Waals surface area contributed by atoms with E-state index in [1.807, 2.05) is 43.3 Å². The van der Waals surface area contributed by atoms with Crippen LogP contribution in [0.3, 0.4) is 0 Å². The summed E-state index contributed by atoms with van der Waals surface area (Å²) < 4.78 is 6.37. The van der Waals surface area contributed by atoms with Gasteiger partial charge in [0, 0.05) is 17.8 Å². The van der Waals surface area contributed by atoms with Gasteiger partial charge in [0.1, 0.15) is 11.6 Å². The molecule has 2 saturated heterocycles. The number of aryl methyl sites for hydroxylation is 1. The largest absolute Gasteiger partial charge is 0.359 e. The molecule has 6 rings (SSSR count). The molecule has 3 aliphatic heterocycles. The fraction of sp³-hybridized carbons (Fsp3) is 0.560. The number of nitrogens with one attached hydrogen (secondary N) is 2. The maximum Gasteiger partial charge on any atom is 0.246 e. The number of carbonyl (C=O) groups is 3. The maximum atomic E-state index is 13.9. The van der Waals surface area contributed by atoms with Crippen LogP contribution in [0.5, 0.6) is 0 Å². The predicted octanol–water partition coefficient (Wildman–Crippen LogP) is 1.99. The van der Waals surface area contributed by atoms with Gasteiger partial charge in [-0.25, -0.2) is 0 Å². The molecule has 4 fully saturated rings. The van der Waals surface area contributed by atoms with Crippen LogP contribution in [-0.2, 0) is 19.1 Å². The first-order valence-electron chi connectivity index (χ1n) is 11.9. The van der Waals surface area contributed by atoms with Crippen LogP contribution >= 0.6 is 0 Å². The molecular formula is C25H29N3O4. The Balaban J connectivity index is 1.40. The fourth-order valence-electron chi connectivity index (χ4n) is 6.10. The minimum atomic E-state index is -1.11. The molecule has 1 spiro atoms. The highest BCUT2D eigenvalue weighted by molar-refractivity contribution is 6.10. The topological polar surface area (TPSA) is 87.7 Å². The molecular weight excluding hydrogens is 406 g/mol. The number of anilines is 1. The third kappa shape index (κ3) is 2.94. The van der Waals surface area contributed by atoms with E-state index in [2.05, 4.69) is 10.6 Å². The maximum absolute atomic E-state index is 13.9. The Morgan fingerprint density at radius 1 is 1.06 bits per heavy atom. The third-order valence-electron chi connectivity index (χ3n) is 7.73. The van der Waals surface area contributed by atoms with Crippen LogP contribution in [0.4, 0.5) is 5.69 Å². The smallest absolute Gasteiger partial charge is 0.246 e. The summed E-state index contributed by atoms with van der Waals surface area (Å²) >= 11 is 0. The summed E-state index contributed by atoms with van der Waals surface area (Å²) in [5.74, 6) is -1.84. The van der Waals surface area contributed by atoms with Gasteiger partial charge in [-0.15, -0.1) is 0 Å². The third-order valence-corrected chi connectivity index (χ3v) is 7.73. The minimum absolute atomic E-state index is 0.129. The van der Waals surface area contributed by atoms with Gasteiger partial charge in [0.2, 0.25) is 17.7 Å². The summed E-state index contributed by atoms with van der Waals surface area (Å²) in [4.78, 5) is 42.3. The average Bonchev–Trinajstić information content (AvgIpc) is 3.12. The molecule has 7 heteroatoms. The van der Waals surface area contributed by atoms with Crippen molar-refractivity contribution in [1.82, 2.24) is 10.6 Å². The lowest BCUT2D eigenvalue weighted by Gasteiger charge is -2.33. The summed E-state index contributed by atoms with van der Waals surface area (Å²) in [6.07, 6.45) is 9.35. The van der Waals surface area contributed by atoms with Gasteiger partial charge in [0.15, 0.2) is 0 Å². The molecule has 5 aliphatic rings. The molecule has 2 bridgehead atoms. The Labute approximate surface area is 187 Å². The lowest BCUT2D eigenvalue weighted by molar-refractivity contribution is -0.132. The van der Waals surface area contributed by atoms with Gasteiger partial charge in [-0.1, -0.05) is 37.1 Å². The second-order valence-corrected chi connectivity index (χ2v) is 10.0. The molecule has 2 aliphatic carbocycles. The van der Waals surface area contributed by atoms with E-state index < -0.39 is 29.6 Å². The number of hydrogen-bond donors (Lipinski definition) is 2. The van der Waals surface area contributed by atoms with E-state index in [0.29, 0.717) is 5.69 Å². The predicted molar refractivity (Wildman–Crippen MR) is 118 cm³/mol. The van der Waals surface area contributed by atoms with E-state index in [0.717, 1.165) is 44.1 Å². The number of hydrogen-bond acceptors (Lipinski definition) is 4. The van der Waals surface area contributed by atoms with E-state index in [-0.39, 0.29) is 29.8 Å². The first-order chi connectivity index (χ1) is 15.5. The first-order valence-corrected chi connectivity index (χ1v) is 11.9. The molecule has 7 nitrogen and oxygen atoms in total. The zero-order valence-corrected chi connectivity index (χ0v) is 18.3. The van der Waals surface area contributed by atoms with Crippen molar-refractivity contribution in [1.29, 1.82) is 0 Å². The minimum Gasteiger partial charge on any atom is -0.359 e. The van der Waals surface area contributed by atoms with Crippen LogP contribution in [0.15, 0.2) is 36.4 Å². The van der Waals surface area contributed by atoms with E-state index in [4.69, 9.17) is 4.74 Å². The van der Waals surface area contributed by atoms with Crippen molar-refractivity contribution in [3.63, 3.8) is 0 Å². The van der Waals surface area contributed by atoms with E-state index in [9.17, 15) is 14.4 Å². The second-order valence-electron chi connectivity index (χ2n) is 10.0. The molecule has 0 radical (unpaired) electrons. The molecule has 0 aromatic heterocycles. The van der Waals surface area contributed by atoms with Crippen molar-refractivity contribution in [3.05, 3.63) is 42.0 Å². The number of benzene rings is 1. The number of rotatable bonds is 5. The van der Waals surface area contributed by atoms with Gasteiger partial charge in [0.05, 0.1) is 17.9 Å². The van der Waals surface area contributed by atoms with Crippen molar-refractivity contribution >= 4 is 23.4 Å². The number of nitrogens with zero attached hydrogens (tertiary/aromatic N) is 1. The summed E-state index contributed by atoms with van der Waals surface area (Å²) in [5.41, 5.74) is 0.565. The monoisotopic (exact) mass is 435 g/mol. The molecule has 1 aromatic carbocycles. The Morgan fingerprint density at radius 2 is 1.78 bits per heavy atom. The Kier molecular flexibility index (Phi) is 4.47. The lowest BCUT2D eigenvalue weighted by atomic mass is 9.74. The van der Waals surface area contributed by atoms with Gasteiger partial charge < -0.3 is 15.4 Å². The number of amides is 3. The lowest BCUT2D eigenvalue weighted by Crippen LogP contribution is -2.56. The van der Waals surface area contributed by atoms with Crippen molar-refractivity contribution in [2.24, 2.45) is 11.8 Å². The van der Waals surface area contributed by atoms with Gasteiger partial charge >= 0.3 is 0 Å². The molecule has 2 N–H and O–H groups in total. The second kappa shape index (κ2) is 7.17. The number of fused-ring (bicyclic) bond motifs is 1. The normalized spacial score (nSPS) is 35.4. The van der Waals surface area contributed by atoms with Crippen molar-refractivity contribution in [3.8, 4) is 0 Å². The zero-order valence-electron chi connectivity index (χ0n) is 18.3. The van der Waals surface area contributed by atoms with Gasteiger partial charge in [-0.05, 0) is 50.3 Å². The quantitative estimate of drug-likeness (QED) is 0.693. The summed E-state index contributed by atoms with van der Waals surface area (Å²) in [7, 11) is 0. The van der Waals surface area contributed by atoms with Crippen molar-refractivity contribution in [2.75, 3.05) is 4.90 Å². The molecule has 2 saturated carbocycles. The molecule has 168 valence electrons.